The minimum Gasteiger partial charge on any atom is -0.457 e. The summed E-state index contributed by atoms with van der Waals surface area (Å²) in [5.41, 5.74) is 0. The van der Waals surface area contributed by atoms with Gasteiger partial charge in [-0.05, 0) is 77.0 Å². The Bertz CT molecular complexity index is 1240. The van der Waals surface area contributed by atoms with Crippen molar-refractivity contribution in [3.8, 4) is 0 Å². The summed E-state index contributed by atoms with van der Waals surface area (Å²) in [5.74, 6) is -0.490. The van der Waals surface area contributed by atoms with E-state index in [1.807, 2.05) is 0 Å². The summed E-state index contributed by atoms with van der Waals surface area (Å²) in [6.07, 6.45) is 35.7. The van der Waals surface area contributed by atoms with Crippen molar-refractivity contribution in [2.45, 2.75) is 217 Å². The highest BCUT2D eigenvalue weighted by molar-refractivity contribution is 7.47. The van der Waals surface area contributed by atoms with Crippen LogP contribution < -0.4 is 0 Å². The van der Waals surface area contributed by atoms with Crippen LogP contribution in [-0.2, 0) is 27.9 Å². The first-order valence-corrected chi connectivity index (χ1v) is 25.1. The largest absolute Gasteiger partial charge is 0.472 e. The van der Waals surface area contributed by atoms with Gasteiger partial charge < -0.3 is 39.9 Å². The van der Waals surface area contributed by atoms with Gasteiger partial charge in [-0.2, -0.15) is 0 Å². The van der Waals surface area contributed by atoms with Crippen molar-refractivity contribution in [1.29, 1.82) is 0 Å². The van der Waals surface area contributed by atoms with Crippen molar-refractivity contribution in [3.05, 3.63) is 60.8 Å². The fourth-order valence-electron chi connectivity index (χ4n) is 6.87. The molecule has 1 aliphatic rings. The highest BCUT2D eigenvalue weighted by atomic mass is 31.2. The Morgan fingerprint density at radius 3 is 1.49 bits per heavy atom. The monoisotopic (exact) mass is 885 g/mol. The molecule has 0 aliphatic heterocycles. The van der Waals surface area contributed by atoms with Crippen molar-refractivity contribution in [3.63, 3.8) is 0 Å². The van der Waals surface area contributed by atoms with Crippen LogP contribution in [0.2, 0.25) is 0 Å². The van der Waals surface area contributed by atoms with E-state index in [4.69, 9.17) is 18.5 Å². The van der Waals surface area contributed by atoms with Crippen LogP contribution in [0.1, 0.15) is 174 Å². The summed E-state index contributed by atoms with van der Waals surface area (Å²) < 4.78 is 34.2. The number of aliphatic hydroxyl groups excluding tert-OH is 5. The zero-order valence-corrected chi connectivity index (χ0v) is 38.6. The Morgan fingerprint density at radius 2 is 0.967 bits per heavy atom. The maximum atomic E-state index is 12.8. The minimum atomic E-state index is -5.02. The van der Waals surface area contributed by atoms with E-state index >= 15 is 0 Å². The molecule has 1 aliphatic carbocycles. The van der Waals surface area contributed by atoms with E-state index in [9.17, 15) is 39.8 Å². The lowest BCUT2D eigenvalue weighted by Crippen LogP contribution is -2.64. The second-order valence-corrected chi connectivity index (χ2v) is 17.6. The van der Waals surface area contributed by atoms with E-state index in [-0.39, 0.29) is 13.0 Å². The van der Waals surface area contributed by atoms with E-state index in [1.54, 1.807) is 0 Å². The zero-order valence-electron chi connectivity index (χ0n) is 37.7. The van der Waals surface area contributed by atoms with Crippen LogP contribution in [0.3, 0.4) is 0 Å². The Labute approximate surface area is 368 Å². The average Bonchev–Trinajstić information content (AvgIpc) is 3.24. The molecule has 61 heavy (non-hydrogen) atoms. The molecule has 6 unspecified atom stereocenters. The van der Waals surface area contributed by atoms with Crippen LogP contribution in [0.25, 0.3) is 0 Å². The lowest BCUT2D eigenvalue weighted by molar-refractivity contribution is -0.220. The van der Waals surface area contributed by atoms with Crippen molar-refractivity contribution in [1.82, 2.24) is 0 Å². The van der Waals surface area contributed by atoms with Crippen LogP contribution in [0, 0.1) is 0 Å². The summed E-state index contributed by atoms with van der Waals surface area (Å²) in [4.78, 5) is 23.2. The molecule has 6 atom stereocenters. The molecule has 12 nitrogen and oxygen atoms in total. The number of esters is 1. The van der Waals surface area contributed by atoms with Crippen molar-refractivity contribution >= 4 is 13.8 Å². The van der Waals surface area contributed by atoms with Crippen LogP contribution in [-0.4, -0.2) is 98.9 Å². The van der Waals surface area contributed by atoms with Crippen LogP contribution in [0.4, 0.5) is 0 Å². The number of carbonyl (C=O) groups is 1. The molecule has 0 bridgehead atoms. The van der Waals surface area contributed by atoms with Gasteiger partial charge in [-0.1, -0.05) is 152 Å². The summed E-state index contributed by atoms with van der Waals surface area (Å²) in [6.45, 7) is 4.10. The lowest BCUT2D eigenvalue weighted by Gasteiger charge is -2.41. The van der Waals surface area contributed by atoms with Gasteiger partial charge in [0.2, 0.25) is 0 Å². The van der Waals surface area contributed by atoms with Gasteiger partial charge >= 0.3 is 13.8 Å². The summed E-state index contributed by atoms with van der Waals surface area (Å²) >= 11 is 0. The molecule has 0 radical (unpaired) electrons. The quantitative estimate of drug-likeness (QED) is 0.0148. The first-order valence-electron chi connectivity index (χ1n) is 23.6. The average molecular weight is 885 g/mol. The van der Waals surface area contributed by atoms with Crippen molar-refractivity contribution in [2.24, 2.45) is 0 Å². The van der Waals surface area contributed by atoms with Crippen LogP contribution in [0.15, 0.2) is 60.8 Å². The van der Waals surface area contributed by atoms with Crippen LogP contribution >= 0.6 is 7.82 Å². The molecule has 1 fully saturated rings. The summed E-state index contributed by atoms with van der Waals surface area (Å²) in [6, 6.07) is 0. The number of rotatable bonds is 39. The molecule has 0 aromatic carbocycles. The zero-order chi connectivity index (χ0) is 44.8. The third-order valence-electron chi connectivity index (χ3n) is 10.6. The van der Waals surface area contributed by atoms with Gasteiger partial charge in [0.1, 0.15) is 42.7 Å². The first kappa shape index (κ1) is 57.1. The Hall–Kier alpha value is -1.96. The van der Waals surface area contributed by atoms with Crippen molar-refractivity contribution < 1.29 is 58.3 Å². The van der Waals surface area contributed by atoms with E-state index < -0.39 is 63.1 Å². The fourth-order valence-corrected chi connectivity index (χ4v) is 7.84. The number of carbonyl (C=O) groups excluding carboxylic acids is 1. The normalized spacial score (nSPS) is 22.7. The minimum absolute atomic E-state index is 0.0864. The van der Waals surface area contributed by atoms with Gasteiger partial charge in [-0.25, -0.2) is 4.57 Å². The highest BCUT2D eigenvalue weighted by Crippen LogP contribution is 2.47. The molecule has 0 aromatic rings. The molecule has 1 rings (SSSR count). The molecular weight excluding hydrogens is 799 g/mol. The Balaban J connectivity index is 2.38. The highest BCUT2D eigenvalue weighted by Gasteiger charge is 2.51. The molecular formula is C48H85O12P. The van der Waals surface area contributed by atoms with Gasteiger partial charge in [0.05, 0.1) is 13.2 Å². The summed E-state index contributed by atoms with van der Waals surface area (Å²) in [7, 11) is -5.02. The van der Waals surface area contributed by atoms with Gasteiger partial charge in [-0.15, -0.1) is 0 Å². The number of allylic oxidation sites excluding steroid dienone is 10. The number of unbranched alkanes of at least 4 members (excludes halogenated alkanes) is 17. The first-order chi connectivity index (χ1) is 29.5. The third kappa shape index (κ3) is 30.7. The molecule has 0 saturated heterocycles. The van der Waals surface area contributed by atoms with Gasteiger partial charge in [-0.3, -0.25) is 13.8 Å². The SMILES string of the molecule is CC/C=C\C/C=C\C/C=C\C/C=C\CCCCCCCCCCC(=O)OC(COCCCCCCCC/C=C\CCCCC)COP(=O)(O)OC1C(O)C(O)C(O)C(O)C1O. The Kier molecular flexibility index (Phi) is 36.0. The fraction of sp³-hybridized carbons (Fsp3) is 0.771. The maximum Gasteiger partial charge on any atom is 0.472 e. The molecule has 0 amide bonds. The molecule has 354 valence electrons. The predicted molar refractivity (Wildman–Crippen MR) is 244 cm³/mol. The molecule has 0 heterocycles. The Morgan fingerprint density at radius 1 is 0.541 bits per heavy atom. The number of phosphoric acid groups is 1. The smallest absolute Gasteiger partial charge is 0.457 e. The van der Waals surface area contributed by atoms with Gasteiger partial charge in [0.15, 0.2) is 0 Å². The lowest BCUT2D eigenvalue weighted by atomic mass is 9.85. The van der Waals surface area contributed by atoms with Crippen LogP contribution in [0.5, 0.6) is 0 Å². The number of ether oxygens (including phenoxy) is 2. The second kappa shape index (κ2) is 38.5. The molecule has 13 heteroatoms. The molecule has 6 N–H and O–H groups in total. The van der Waals surface area contributed by atoms with E-state index in [0.717, 1.165) is 89.9 Å². The number of hydrogen-bond acceptors (Lipinski definition) is 11. The number of phosphoric ester groups is 1. The molecule has 0 spiro atoms. The van der Waals surface area contributed by atoms with Crippen molar-refractivity contribution in [2.75, 3.05) is 19.8 Å². The maximum absolute atomic E-state index is 12.8. The predicted octanol–water partition coefficient (Wildman–Crippen LogP) is 9.81. The topological polar surface area (TPSA) is 192 Å². The molecule has 1 saturated carbocycles. The van der Waals surface area contributed by atoms with Gasteiger partial charge in [0, 0.05) is 13.0 Å². The standard InChI is InChI=1S/C48H85O12P/c1-3-5-7-9-11-13-15-17-18-19-20-21-22-23-24-25-27-29-31-33-35-37-42(49)59-41(39-57-38-36-34-32-30-28-26-16-14-12-10-8-6-4-2)40-58-61(55,56)60-48-46(53)44(51)43(50)45(52)47(48)54/h5,7,11-14,17-18,20-21,41,43-48,50-54H,3-4,6,8-10,15-16,19,22-40H2,1-2H3,(H,55,56)/b7-5-,13-11-,14-12-,18-17-,21-20-. The second-order valence-electron chi connectivity index (χ2n) is 16.2. The number of aliphatic hydroxyl groups is 5. The third-order valence-corrected chi connectivity index (χ3v) is 11.6. The van der Waals surface area contributed by atoms with E-state index in [2.05, 4.69) is 74.6 Å². The van der Waals surface area contributed by atoms with E-state index in [0.29, 0.717) is 13.0 Å². The molecule has 0 aromatic heterocycles. The summed E-state index contributed by atoms with van der Waals surface area (Å²) in [5, 5.41) is 50.2. The van der Waals surface area contributed by atoms with Gasteiger partial charge in [0.25, 0.3) is 0 Å². The van der Waals surface area contributed by atoms with E-state index in [1.165, 1.54) is 57.8 Å². The number of hydrogen-bond donors (Lipinski definition) is 6.